The average molecular weight is 376 g/mol. The van der Waals surface area contributed by atoms with Gasteiger partial charge in [0.1, 0.15) is 12.1 Å². The second-order valence-corrected chi connectivity index (χ2v) is 6.90. The number of hydrogen-bond donors (Lipinski definition) is 3. The van der Waals surface area contributed by atoms with Crippen molar-refractivity contribution in [3.05, 3.63) is 35.9 Å². The topological polar surface area (TPSA) is 95.5 Å². The van der Waals surface area contributed by atoms with Gasteiger partial charge in [0.05, 0.1) is 0 Å². The number of amides is 2. The van der Waals surface area contributed by atoms with E-state index in [4.69, 9.17) is 0 Å². The Bertz CT molecular complexity index is 589. The van der Waals surface area contributed by atoms with Crippen LogP contribution in [0, 0.1) is 0 Å². The highest BCUT2D eigenvalue weighted by atomic mass is 16.4. The van der Waals surface area contributed by atoms with Crippen LogP contribution < -0.4 is 10.6 Å². The first-order chi connectivity index (χ1) is 12.9. The predicted octanol–water partition coefficient (Wildman–Crippen LogP) is 3.05. The van der Waals surface area contributed by atoms with Crippen LogP contribution >= 0.6 is 0 Å². The molecule has 6 nitrogen and oxygen atoms in total. The Kier molecular flexibility index (Phi) is 10.8. The second-order valence-electron chi connectivity index (χ2n) is 6.90. The lowest BCUT2D eigenvalue weighted by Crippen LogP contribution is -2.52. The molecule has 0 fully saturated rings. The van der Waals surface area contributed by atoms with Crippen LogP contribution in [-0.2, 0) is 20.8 Å². The van der Waals surface area contributed by atoms with Crippen molar-refractivity contribution >= 4 is 17.8 Å². The van der Waals surface area contributed by atoms with Crippen molar-refractivity contribution in [2.45, 2.75) is 77.3 Å². The van der Waals surface area contributed by atoms with Crippen molar-refractivity contribution < 1.29 is 19.5 Å². The number of benzene rings is 1. The Labute approximate surface area is 161 Å². The zero-order chi connectivity index (χ0) is 20.1. The summed E-state index contributed by atoms with van der Waals surface area (Å²) in [5.41, 5.74) is 0.897. The van der Waals surface area contributed by atoms with Gasteiger partial charge in [0, 0.05) is 13.3 Å². The van der Waals surface area contributed by atoms with E-state index in [1.165, 1.54) is 19.8 Å². The summed E-state index contributed by atoms with van der Waals surface area (Å²) in [5, 5.41) is 14.6. The molecule has 2 atom stereocenters. The lowest BCUT2D eigenvalue weighted by molar-refractivity contribution is -0.142. The number of carbonyl (C=O) groups excluding carboxylic acids is 2. The first kappa shape index (κ1) is 22.7. The number of carboxylic acid groups (broad SMARTS) is 1. The molecule has 150 valence electrons. The number of carboxylic acids is 1. The summed E-state index contributed by atoms with van der Waals surface area (Å²) in [7, 11) is 0. The van der Waals surface area contributed by atoms with Crippen LogP contribution in [0.15, 0.2) is 30.3 Å². The van der Waals surface area contributed by atoms with Gasteiger partial charge in [-0.05, 0) is 12.0 Å². The van der Waals surface area contributed by atoms with Crippen molar-refractivity contribution in [2.75, 3.05) is 0 Å². The fourth-order valence-electron chi connectivity index (χ4n) is 2.96. The van der Waals surface area contributed by atoms with E-state index in [0.717, 1.165) is 31.2 Å². The normalized spacial score (nSPS) is 12.8. The van der Waals surface area contributed by atoms with Crippen molar-refractivity contribution in [3.63, 3.8) is 0 Å². The minimum absolute atomic E-state index is 0.315. The number of rotatable bonds is 13. The summed E-state index contributed by atoms with van der Waals surface area (Å²) < 4.78 is 0. The summed E-state index contributed by atoms with van der Waals surface area (Å²) >= 11 is 0. The highest BCUT2D eigenvalue weighted by molar-refractivity contribution is 5.90. The third kappa shape index (κ3) is 9.78. The molecular weight excluding hydrogens is 344 g/mol. The van der Waals surface area contributed by atoms with Gasteiger partial charge in [0.2, 0.25) is 11.8 Å². The van der Waals surface area contributed by atoms with Gasteiger partial charge in [0.25, 0.3) is 0 Å². The molecule has 0 saturated carbocycles. The Morgan fingerprint density at radius 2 is 1.56 bits per heavy atom. The molecule has 0 aliphatic carbocycles. The van der Waals surface area contributed by atoms with Crippen LogP contribution in [0.2, 0.25) is 0 Å². The van der Waals surface area contributed by atoms with E-state index in [0.29, 0.717) is 12.8 Å². The molecule has 1 aromatic carbocycles. The fraction of sp³-hybridized carbons (Fsp3) is 0.571. The number of nitrogens with one attached hydrogen (secondary N) is 2. The van der Waals surface area contributed by atoms with E-state index in [-0.39, 0.29) is 5.91 Å². The van der Waals surface area contributed by atoms with Crippen LogP contribution in [0.1, 0.15) is 64.4 Å². The summed E-state index contributed by atoms with van der Waals surface area (Å²) in [6, 6.07) is 7.60. The summed E-state index contributed by atoms with van der Waals surface area (Å²) in [4.78, 5) is 35.5. The Balaban J connectivity index is 2.60. The quantitative estimate of drug-likeness (QED) is 0.461. The molecule has 1 aromatic rings. The van der Waals surface area contributed by atoms with Gasteiger partial charge in [-0.2, -0.15) is 0 Å². The Hall–Kier alpha value is -2.37. The zero-order valence-corrected chi connectivity index (χ0v) is 16.4. The standard InChI is InChI=1S/C21H32N2O4/c1-3-4-5-6-7-11-14-18(21(26)27)23-20(25)19(22-16(2)24)15-17-12-9-8-10-13-17/h8-10,12-13,18-19H,3-7,11,14-15H2,1-2H3,(H,22,24)(H,23,25)(H,26,27)/t18-,19+/m0/s1. The molecule has 0 saturated heterocycles. The highest BCUT2D eigenvalue weighted by Crippen LogP contribution is 2.10. The maximum absolute atomic E-state index is 12.6. The minimum Gasteiger partial charge on any atom is -0.480 e. The molecule has 0 heterocycles. The second kappa shape index (κ2) is 12.9. The molecule has 0 aromatic heterocycles. The maximum Gasteiger partial charge on any atom is 0.326 e. The first-order valence-corrected chi connectivity index (χ1v) is 9.78. The maximum atomic E-state index is 12.6. The van der Waals surface area contributed by atoms with E-state index in [1.807, 2.05) is 30.3 Å². The monoisotopic (exact) mass is 376 g/mol. The average Bonchev–Trinajstić information content (AvgIpc) is 2.63. The van der Waals surface area contributed by atoms with Crippen molar-refractivity contribution in [1.29, 1.82) is 0 Å². The van der Waals surface area contributed by atoms with Crippen molar-refractivity contribution in [1.82, 2.24) is 10.6 Å². The van der Waals surface area contributed by atoms with Crippen LogP contribution in [-0.4, -0.2) is 35.0 Å². The third-order valence-electron chi connectivity index (χ3n) is 4.44. The van der Waals surface area contributed by atoms with Crippen LogP contribution in [0.25, 0.3) is 0 Å². The summed E-state index contributed by atoms with van der Waals surface area (Å²) in [6.45, 7) is 3.49. The number of hydrogen-bond acceptors (Lipinski definition) is 3. The van der Waals surface area contributed by atoms with Gasteiger partial charge in [-0.25, -0.2) is 4.79 Å². The van der Waals surface area contributed by atoms with Crippen LogP contribution in [0.4, 0.5) is 0 Å². The molecule has 0 bridgehead atoms. The molecule has 3 N–H and O–H groups in total. The molecule has 0 aliphatic rings. The molecule has 6 heteroatoms. The zero-order valence-electron chi connectivity index (χ0n) is 16.4. The van der Waals surface area contributed by atoms with E-state index >= 15 is 0 Å². The number of carbonyl (C=O) groups is 3. The minimum atomic E-state index is -1.04. The van der Waals surface area contributed by atoms with E-state index in [2.05, 4.69) is 17.6 Å². The van der Waals surface area contributed by atoms with Gasteiger partial charge >= 0.3 is 5.97 Å². The smallest absolute Gasteiger partial charge is 0.326 e. The van der Waals surface area contributed by atoms with Crippen molar-refractivity contribution in [3.8, 4) is 0 Å². The largest absolute Gasteiger partial charge is 0.480 e. The number of unbranched alkanes of at least 4 members (excludes halogenated alkanes) is 5. The Morgan fingerprint density at radius 3 is 2.15 bits per heavy atom. The fourth-order valence-corrected chi connectivity index (χ4v) is 2.96. The lowest BCUT2D eigenvalue weighted by atomic mass is 10.0. The van der Waals surface area contributed by atoms with Crippen LogP contribution in [0.5, 0.6) is 0 Å². The van der Waals surface area contributed by atoms with Gasteiger partial charge in [-0.15, -0.1) is 0 Å². The molecule has 0 aliphatic heterocycles. The van der Waals surface area contributed by atoms with Gasteiger partial charge < -0.3 is 15.7 Å². The van der Waals surface area contributed by atoms with E-state index in [9.17, 15) is 19.5 Å². The third-order valence-corrected chi connectivity index (χ3v) is 4.44. The van der Waals surface area contributed by atoms with Gasteiger partial charge in [-0.3, -0.25) is 9.59 Å². The van der Waals surface area contributed by atoms with Gasteiger partial charge in [0.15, 0.2) is 0 Å². The van der Waals surface area contributed by atoms with E-state index < -0.39 is 24.0 Å². The molecule has 0 unspecified atom stereocenters. The SMILES string of the molecule is CCCCCCCC[C@H](NC(=O)[C@@H](Cc1ccccc1)NC(C)=O)C(=O)O. The first-order valence-electron chi connectivity index (χ1n) is 9.78. The summed E-state index contributed by atoms with van der Waals surface area (Å²) in [5.74, 6) is -1.83. The Morgan fingerprint density at radius 1 is 0.926 bits per heavy atom. The van der Waals surface area contributed by atoms with Crippen molar-refractivity contribution in [2.24, 2.45) is 0 Å². The molecule has 27 heavy (non-hydrogen) atoms. The van der Waals surface area contributed by atoms with Crippen LogP contribution in [0.3, 0.4) is 0 Å². The molecule has 1 rings (SSSR count). The number of aliphatic carboxylic acids is 1. The molecule has 0 radical (unpaired) electrons. The molecule has 2 amide bonds. The highest BCUT2D eigenvalue weighted by Gasteiger charge is 2.25. The van der Waals surface area contributed by atoms with Gasteiger partial charge in [-0.1, -0.05) is 75.8 Å². The van der Waals surface area contributed by atoms with E-state index in [1.54, 1.807) is 0 Å². The molecule has 0 spiro atoms. The molecular formula is C21H32N2O4. The predicted molar refractivity (Wildman–Crippen MR) is 105 cm³/mol. The lowest BCUT2D eigenvalue weighted by Gasteiger charge is -2.21. The summed E-state index contributed by atoms with van der Waals surface area (Å²) in [6.07, 6.45) is 7.01.